The number of fused-ring (bicyclic) bond motifs is 2. The van der Waals surface area contributed by atoms with E-state index in [1.165, 1.54) is 43.5 Å². The van der Waals surface area contributed by atoms with E-state index < -0.39 is 23.3 Å². The van der Waals surface area contributed by atoms with Gasteiger partial charge in [-0.2, -0.15) is 0 Å². The second-order valence-electron chi connectivity index (χ2n) is 9.71. The Morgan fingerprint density at radius 2 is 1.78 bits per heavy atom. The summed E-state index contributed by atoms with van der Waals surface area (Å²) < 4.78 is 17.1. The summed E-state index contributed by atoms with van der Waals surface area (Å²) in [6.07, 6.45) is -0.0245. The number of nitro groups is 1. The zero-order chi connectivity index (χ0) is 29.1. The van der Waals surface area contributed by atoms with Crippen molar-refractivity contribution in [1.29, 1.82) is 0 Å². The molecule has 41 heavy (non-hydrogen) atoms. The Balaban J connectivity index is 1.50. The number of hydrogen-bond acceptors (Lipinski definition) is 8. The number of carbonyl (C=O) groups is 2. The number of nitro benzene ring substituents is 1. The van der Waals surface area contributed by atoms with Crippen molar-refractivity contribution in [2.45, 2.75) is 38.8 Å². The number of ether oxygens (including phenoxy) is 3. The normalized spacial score (nSPS) is 18.9. The van der Waals surface area contributed by atoms with Crippen molar-refractivity contribution >= 4 is 23.4 Å². The summed E-state index contributed by atoms with van der Waals surface area (Å²) in [5.74, 6) is 0.213. The summed E-state index contributed by atoms with van der Waals surface area (Å²) in [5.41, 5.74) is 2.56. The average Bonchev–Trinajstić information content (AvgIpc) is 3.41. The van der Waals surface area contributed by atoms with Gasteiger partial charge in [0, 0.05) is 24.7 Å². The molecule has 2 heterocycles. The van der Waals surface area contributed by atoms with Crippen LogP contribution in [0.3, 0.4) is 0 Å². The van der Waals surface area contributed by atoms with E-state index in [1.54, 1.807) is 4.90 Å². The number of rotatable bonds is 7. The van der Waals surface area contributed by atoms with Gasteiger partial charge in [-0.25, -0.2) is 9.69 Å². The molecule has 0 spiro atoms. The average molecular weight is 560 g/mol. The first kappa shape index (κ1) is 27.7. The molecule has 0 radical (unpaired) electrons. The highest BCUT2D eigenvalue weighted by Gasteiger charge is 2.46. The van der Waals surface area contributed by atoms with Crippen LogP contribution in [-0.2, 0) is 18.0 Å². The van der Waals surface area contributed by atoms with Crippen LogP contribution in [-0.4, -0.2) is 52.9 Å². The van der Waals surface area contributed by atoms with Gasteiger partial charge in [0.15, 0.2) is 17.7 Å². The number of amides is 2. The maximum atomic E-state index is 13.8. The van der Waals surface area contributed by atoms with Crippen molar-refractivity contribution in [2.24, 2.45) is 0 Å². The van der Waals surface area contributed by atoms with Gasteiger partial charge in [-0.15, -0.1) is 0 Å². The van der Waals surface area contributed by atoms with E-state index in [9.17, 15) is 24.8 Å². The minimum absolute atomic E-state index is 0.0893. The number of carbonyl (C=O) groups excluding carboxylic acids is 2. The molecular weight excluding hydrogens is 530 g/mol. The van der Waals surface area contributed by atoms with Gasteiger partial charge >= 0.3 is 6.09 Å². The van der Waals surface area contributed by atoms with Crippen LogP contribution < -0.4 is 14.4 Å². The molecule has 1 saturated heterocycles. The Morgan fingerprint density at radius 3 is 2.44 bits per heavy atom. The fraction of sp³-hybridized carbons (Fsp3) is 0.267. The van der Waals surface area contributed by atoms with Crippen LogP contribution in [0.15, 0.2) is 78.4 Å². The number of non-ortho nitro benzene ring substituents is 1. The van der Waals surface area contributed by atoms with Crippen LogP contribution in [0.4, 0.5) is 16.2 Å². The van der Waals surface area contributed by atoms with Crippen LogP contribution in [0.25, 0.3) is 0 Å². The van der Waals surface area contributed by atoms with Crippen molar-refractivity contribution in [3.05, 3.63) is 105 Å². The molecule has 2 atom stereocenters. The number of methoxy groups -OCH3 is 1. The van der Waals surface area contributed by atoms with Gasteiger partial charge in [0.25, 0.3) is 11.6 Å². The molecule has 0 saturated carbocycles. The van der Waals surface area contributed by atoms with Crippen LogP contribution in [0.5, 0.6) is 11.5 Å². The summed E-state index contributed by atoms with van der Waals surface area (Å²) in [6.45, 7) is 2.18. The minimum atomic E-state index is -1.42. The number of nitrogens with zero attached hydrogens (tertiary/aromatic N) is 3. The number of hydrogen-bond donors (Lipinski definition) is 1. The van der Waals surface area contributed by atoms with Gasteiger partial charge in [-0.05, 0) is 42.7 Å². The molecule has 0 aromatic heterocycles. The third-order valence-electron chi connectivity index (χ3n) is 7.24. The van der Waals surface area contributed by atoms with E-state index in [1.807, 2.05) is 43.3 Å². The Hall–Kier alpha value is -4.90. The summed E-state index contributed by atoms with van der Waals surface area (Å²) in [5, 5.41) is 22.5. The lowest BCUT2D eigenvalue weighted by molar-refractivity contribution is -0.384. The van der Waals surface area contributed by atoms with Crippen LogP contribution in [0.2, 0.25) is 0 Å². The molecule has 0 aliphatic carbocycles. The SMILES string of the molecule is C/C=C1/C[C@H]2C(O)N(C(=O)OCc3ccc([N+](=O)[O-])cc3)c3cc(OCc4ccccc4)c(OC)cc3C(=O)N2C1. The molecule has 0 bridgehead atoms. The zero-order valence-electron chi connectivity index (χ0n) is 22.6. The monoisotopic (exact) mass is 559 g/mol. The smallest absolute Gasteiger partial charge is 0.416 e. The van der Waals surface area contributed by atoms with E-state index in [0.717, 1.165) is 16.0 Å². The van der Waals surface area contributed by atoms with Crippen LogP contribution in [0.1, 0.15) is 34.8 Å². The molecule has 1 fully saturated rings. The molecule has 2 amide bonds. The van der Waals surface area contributed by atoms with Crippen LogP contribution >= 0.6 is 0 Å². The van der Waals surface area contributed by atoms with Crippen molar-refractivity contribution in [3.8, 4) is 11.5 Å². The third-order valence-corrected chi connectivity index (χ3v) is 7.24. The summed E-state index contributed by atoms with van der Waals surface area (Å²) in [6, 6.07) is 17.4. The third kappa shape index (κ3) is 5.57. The molecular formula is C30H29N3O8. The number of aliphatic hydroxyl groups is 1. The Labute approximate surface area is 236 Å². The van der Waals surface area contributed by atoms with Gasteiger partial charge < -0.3 is 24.2 Å². The largest absolute Gasteiger partial charge is 0.493 e. The predicted molar refractivity (Wildman–Crippen MR) is 149 cm³/mol. The molecule has 2 aliphatic rings. The Kier molecular flexibility index (Phi) is 7.88. The van der Waals surface area contributed by atoms with Crippen molar-refractivity contribution in [1.82, 2.24) is 4.90 Å². The predicted octanol–water partition coefficient (Wildman–Crippen LogP) is 4.82. The lowest BCUT2D eigenvalue weighted by Crippen LogP contribution is -2.50. The molecule has 1 N–H and O–H groups in total. The molecule has 1 unspecified atom stereocenters. The number of allylic oxidation sites excluding steroid dienone is 1. The maximum absolute atomic E-state index is 13.8. The Bertz CT molecular complexity index is 1490. The highest BCUT2D eigenvalue weighted by Crippen LogP contribution is 2.42. The van der Waals surface area contributed by atoms with Crippen molar-refractivity contribution < 1.29 is 33.8 Å². The maximum Gasteiger partial charge on any atom is 0.416 e. The standard InChI is InChI=1S/C30H29N3O8/c1-3-19-13-25-29(35)32(30(36)41-18-21-9-11-22(12-10-21)33(37)38)24-15-27(40-17-20-7-5-4-6-8-20)26(39-2)14-23(24)28(34)31(25)16-19/h3-12,14-15,25,29,35H,13,16-18H2,1-2H3/b19-3-/t25-,29?/m0/s1. The number of aliphatic hydroxyl groups excluding tert-OH is 1. The highest BCUT2D eigenvalue weighted by molar-refractivity contribution is 6.06. The van der Waals surface area contributed by atoms with Crippen molar-refractivity contribution in [3.63, 3.8) is 0 Å². The molecule has 3 aromatic rings. The van der Waals surface area contributed by atoms with Gasteiger partial charge in [-0.3, -0.25) is 14.9 Å². The number of anilines is 1. The minimum Gasteiger partial charge on any atom is -0.493 e. The molecule has 2 aliphatic heterocycles. The molecule has 212 valence electrons. The van der Waals surface area contributed by atoms with E-state index in [4.69, 9.17) is 14.2 Å². The lowest BCUT2D eigenvalue weighted by Gasteiger charge is -2.31. The van der Waals surface area contributed by atoms with E-state index >= 15 is 0 Å². The molecule has 5 rings (SSSR count). The van der Waals surface area contributed by atoms with Gasteiger partial charge in [-0.1, -0.05) is 42.0 Å². The van der Waals surface area contributed by atoms with E-state index in [0.29, 0.717) is 24.3 Å². The zero-order valence-corrected chi connectivity index (χ0v) is 22.6. The first-order valence-corrected chi connectivity index (χ1v) is 13.0. The fourth-order valence-corrected chi connectivity index (χ4v) is 5.01. The van der Waals surface area contributed by atoms with Crippen molar-refractivity contribution in [2.75, 3.05) is 18.6 Å². The van der Waals surface area contributed by atoms with Crippen LogP contribution in [0, 0.1) is 10.1 Å². The lowest BCUT2D eigenvalue weighted by atomic mass is 10.1. The molecule has 3 aromatic carbocycles. The summed E-state index contributed by atoms with van der Waals surface area (Å²) in [7, 11) is 1.46. The topological polar surface area (TPSA) is 132 Å². The fourth-order valence-electron chi connectivity index (χ4n) is 5.01. The quantitative estimate of drug-likeness (QED) is 0.248. The summed E-state index contributed by atoms with van der Waals surface area (Å²) in [4.78, 5) is 40.4. The molecule has 11 nitrogen and oxygen atoms in total. The summed E-state index contributed by atoms with van der Waals surface area (Å²) >= 11 is 0. The second kappa shape index (κ2) is 11.7. The van der Waals surface area contributed by atoms with E-state index in [2.05, 4.69) is 0 Å². The van der Waals surface area contributed by atoms with Gasteiger partial charge in [0.05, 0.1) is 29.3 Å². The number of benzene rings is 3. The Morgan fingerprint density at radius 1 is 1.07 bits per heavy atom. The van der Waals surface area contributed by atoms with Gasteiger partial charge in [0.2, 0.25) is 0 Å². The molecule has 11 heteroatoms. The second-order valence-corrected chi connectivity index (χ2v) is 9.71. The van der Waals surface area contributed by atoms with E-state index in [-0.39, 0.29) is 41.8 Å². The van der Waals surface area contributed by atoms with Gasteiger partial charge in [0.1, 0.15) is 13.2 Å². The first-order valence-electron chi connectivity index (χ1n) is 13.0. The highest BCUT2D eigenvalue weighted by atomic mass is 16.6. The first-order chi connectivity index (χ1) is 19.8.